The standard InChI is InChI=1S/C10H15N2O8P.C3H8O3/c1-5-3-12(10(15)11-9(5)14)8-2-6(13)7(20-8)4-19-21(16,17)18;4-1-3(6)2-5/h3,6-8,13H,2,4H2,1H3,(H,11,14,15)(H2,16,17,18);3-6H,1-2H2/t6-,7+,8+;/m0./s1. The Morgan fingerprint density at radius 3 is 2.44 bits per heavy atom. The van der Waals surface area contributed by atoms with E-state index in [0.717, 1.165) is 4.57 Å². The molecule has 1 aromatic rings. The van der Waals surface area contributed by atoms with Crippen molar-refractivity contribution >= 4 is 7.82 Å². The molecule has 2 rings (SSSR count). The minimum atomic E-state index is -4.67. The molecular formula is C13H23N2O11P. The molecule has 1 fully saturated rings. The number of rotatable bonds is 6. The van der Waals surface area contributed by atoms with Gasteiger partial charge in [0.1, 0.15) is 18.4 Å². The predicted molar refractivity (Wildman–Crippen MR) is 88.8 cm³/mol. The summed E-state index contributed by atoms with van der Waals surface area (Å²) in [5, 5.41) is 33.8. The fourth-order valence-electron chi connectivity index (χ4n) is 2.06. The minimum Gasteiger partial charge on any atom is -0.394 e. The van der Waals surface area contributed by atoms with E-state index in [1.165, 1.54) is 13.1 Å². The molecule has 3 atom stereocenters. The van der Waals surface area contributed by atoms with E-state index < -0.39 is 50.2 Å². The topological polar surface area (TPSA) is 212 Å². The molecule has 1 aliphatic heterocycles. The van der Waals surface area contributed by atoms with Gasteiger partial charge in [-0.05, 0) is 6.92 Å². The van der Waals surface area contributed by atoms with Crippen molar-refractivity contribution in [2.45, 2.75) is 37.9 Å². The van der Waals surface area contributed by atoms with E-state index in [1.807, 2.05) is 0 Å². The molecule has 0 unspecified atom stereocenters. The van der Waals surface area contributed by atoms with Gasteiger partial charge in [-0.2, -0.15) is 0 Å². The smallest absolute Gasteiger partial charge is 0.394 e. The average molecular weight is 414 g/mol. The van der Waals surface area contributed by atoms with E-state index in [1.54, 1.807) is 0 Å². The predicted octanol–water partition coefficient (Wildman–Crippen LogP) is -3.07. The van der Waals surface area contributed by atoms with E-state index in [2.05, 4.69) is 9.51 Å². The first-order valence-corrected chi connectivity index (χ1v) is 9.27. The summed E-state index contributed by atoms with van der Waals surface area (Å²) in [7, 11) is -4.67. The number of aromatic nitrogens is 2. The van der Waals surface area contributed by atoms with Crippen LogP contribution in [-0.2, 0) is 13.8 Å². The second-order valence-corrected chi connectivity index (χ2v) is 6.96. The van der Waals surface area contributed by atoms with Crippen molar-refractivity contribution in [3.63, 3.8) is 0 Å². The molecule has 0 aliphatic carbocycles. The van der Waals surface area contributed by atoms with Crippen LogP contribution >= 0.6 is 7.82 Å². The summed E-state index contributed by atoms with van der Waals surface area (Å²) < 4.78 is 21.4. The Morgan fingerprint density at radius 1 is 1.37 bits per heavy atom. The van der Waals surface area contributed by atoms with Gasteiger partial charge in [-0.15, -0.1) is 0 Å². The number of aryl methyl sites for hydroxylation is 1. The number of H-pyrrole nitrogens is 1. The molecule has 14 heteroatoms. The van der Waals surface area contributed by atoms with E-state index in [9.17, 15) is 19.3 Å². The van der Waals surface area contributed by atoms with Crippen LogP contribution in [0.3, 0.4) is 0 Å². The van der Waals surface area contributed by atoms with Crippen molar-refractivity contribution in [3.05, 3.63) is 32.6 Å². The van der Waals surface area contributed by atoms with Gasteiger partial charge >= 0.3 is 13.5 Å². The van der Waals surface area contributed by atoms with E-state index >= 15 is 0 Å². The van der Waals surface area contributed by atoms with Gasteiger partial charge < -0.3 is 34.9 Å². The van der Waals surface area contributed by atoms with Gasteiger partial charge in [0.05, 0.1) is 25.9 Å². The molecule has 2 heterocycles. The number of hydrogen-bond acceptors (Lipinski definition) is 9. The summed E-state index contributed by atoms with van der Waals surface area (Å²) in [6.45, 7) is 0.264. The number of nitrogens with one attached hydrogen (secondary N) is 1. The van der Waals surface area contributed by atoms with Crippen molar-refractivity contribution in [1.29, 1.82) is 0 Å². The Bertz CT molecular complexity index is 753. The molecule has 156 valence electrons. The maximum Gasteiger partial charge on any atom is 0.469 e. The third kappa shape index (κ3) is 7.62. The fraction of sp³-hybridized carbons (Fsp3) is 0.692. The molecule has 7 N–H and O–H groups in total. The number of phosphoric ester groups is 1. The van der Waals surface area contributed by atoms with E-state index in [-0.39, 0.29) is 19.6 Å². The van der Waals surface area contributed by atoms with Crippen LogP contribution in [0, 0.1) is 6.92 Å². The molecule has 0 amide bonds. The lowest BCUT2D eigenvalue weighted by atomic mass is 10.2. The highest BCUT2D eigenvalue weighted by Gasteiger charge is 2.37. The molecule has 27 heavy (non-hydrogen) atoms. The van der Waals surface area contributed by atoms with Gasteiger partial charge in [0.2, 0.25) is 0 Å². The molecule has 1 saturated heterocycles. The number of aliphatic hydroxyl groups excluding tert-OH is 4. The molecule has 1 aliphatic rings. The zero-order valence-electron chi connectivity index (χ0n) is 14.3. The Morgan fingerprint density at radius 2 is 1.96 bits per heavy atom. The molecular weight excluding hydrogens is 391 g/mol. The Labute approximate surface area is 152 Å². The van der Waals surface area contributed by atoms with Crippen LogP contribution in [0.15, 0.2) is 15.8 Å². The number of nitrogens with zero attached hydrogens (tertiary/aromatic N) is 1. The highest BCUT2D eigenvalue weighted by molar-refractivity contribution is 7.46. The second-order valence-electron chi connectivity index (χ2n) is 5.72. The monoisotopic (exact) mass is 414 g/mol. The quantitative estimate of drug-likeness (QED) is 0.232. The van der Waals surface area contributed by atoms with Crippen LogP contribution in [0.2, 0.25) is 0 Å². The van der Waals surface area contributed by atoms with Crippen molar-refractivity contribution in [2.75, 3.05) is 19.8 Å². The first-order chi connectivity index (χ1) is 12.5. The Kier molecular flexibility index (Phi) is 8.94. The van der Waals surface area contributed by atoms with Gasteiger partial charge in [0.25, 0.3) is 5.56 Å². The Balaban J connectivity index is 0.000000527. The largest absolute Gasteiger partial charge is 0.469 e. The van der Waals surface area contributed by atoms with Gasteiger partial charge in [0.15, 0.2) is 0 Å². The van der Waals surface area contributed by atoms with E-state index in [4.69, 9.17) is 29.8 Å². The number of phosphoric acid groups is 1. The number of hydrogen-bond donors (Lipinski definition) is 7. The summed E-state index contributed by atoms with van der Waals surface area (Å²) in [5.74, 6) is 0. The van der Waals surface area contributed by atoms with Crippen molar-refractivity contribution < 1.29 is 44.0 Å². The molecule has 0 saturated carbocycles. The average Bonchev–Trinajstić information content (AvgIpc) is 2.96. The lowest BCUT2D eigenvalue weighted by molar-refractivity contribution is -0.0451. The molecule has 0 aromatic carbocycles. The van der Waals surface area contributed by atoms with Crippen molar-refractivity contribution in [3.8, 4) is 0 Å². The number of aliphatic hydroxyl groups is 4. The molecule has 1 aromatic heterocycles. The van der Waals surface area contributed by atoms with E-state index in [0.29, 0.717) is 5.56 Å². The third-order valence-electron chi connectivity index (χ3n) is 3.49. The second kappa shape index (κ2) is 10.2. The molecule has 0 bridgehead atoms. The van der Waals surface area contributed by atoms with Crippen LogP contribution in [0.25, 0.3) is 0 Å². The summed E-state index contributed by atoms with van der Waals surface area (Å²) >= 11 is 0. The summed E-state index contributed by atoms with van der Waals surface area (Å²) in [6, 6.07) is 0. The zero-order valence-corrected chi connectivity index (χ0v) is 15.2. The van der Waals surface area contributed by atoms with Crippen LogP contribution in [0.5, 0.6) is 0 Å². The summed E-state index contributed by atoms with van der Waals surface area (Å²) in [5.41, 5.74) is -0.918. The molecule has 0 radical (unpaired) electrons. The maximum atomic E-state index is 11.7. The molecule has 13 nitrogen and oxygen atoms in total. The van der Waals surface area contributed by atoms with Crippen LogP contribution in [0.4, 0.5) is 0 Å². The zero-order chi connectivity index (χ0) is 20.8. The van der Waals surface area contributed by atoms with Crippen molar-refractivity contribution in [1.82, 2.24) is 9.55 Å². The minimum absolute atomic E-state index is 0.0283. The van der Waals surface area contributed by atoms with Gasteiger partial charge in [-0.1, -0.05) is 0 Å². The lowest BCUT2D eigenvalue weighted by Crippen LogP contribution is -2.33. The van der Waals surface area contributed by atoms with Crippen molar-refractivity contribution in [2.24, 2.45) is 0 Å². The van der Waals surface area contributed by atoms with Gasteiger partial charge in [-0.3, -0.25) is 18.9 Å². The molecule has 0 spiro atoms. The summed E-state index contributed by atoms with van der Waals surface area (Å²) in [4.78, 5) is 42.3. The highest BCUT2D eigenvalue weighted by atomic mass is 31.2. The first-order valence-electron chi connectivity index (χ1n) is 7.74. The van der Waals surface area contributed by atoms with Gasteiger partial charge in [0, 0.05) is 18.2 Å². The SMILES string of the molecule is Cc1cn([C@H]2C[C@H](O)[C@@H](COP(=O)(O)O)O2)c(=O)[nH]c1=O.OCC(O)CO. The van der Waals surface area contributed by atoms with Crippen LogP contribution in [0.1, 0.15) is 18.2 Å². The normalized spacial score (nSPS) is 22.6. The number of ether oxygens (including phenoxy) is 1. The first kappa shape index (κ1) is 23.6. The Hall–Kier alpha value is -1.41. The van der Waals surface area contributed by atoms with Crippen LogP contribution < -0.4 is 11.2 Å². The summed E-state index contributed by atoms with van der Waals surface area (Å²) in [6.07, 6.45) is -2.52. The third-order valence-corrected chi connectivity index (χ3v) is 3.97. The fourth-order valence-corrected chi connectivity index (χ4v) is 2.41. The highest BCUT2D eigenvalue weighted by Crippen LogP contribution is 2.38. The van der Waals surface area contributed by atoms with Crippen LogP contribution in [-0.4, -0.2) is 77.9 Å². The van der Waals surface area contributed by atoms with Gasteiger partial charge in [-0.25, -0.2) is 9.36 Å². The maximum absolute atomic E-state index is 11.7. The lowest BCUT2D eigenvalue weighted by Gasteiger charge is -2.16. The number of aromatic amines is 1.